The first-order valence-corrected chi connectivity index (χ1v) is 8.92. The van der Waals surface area contributed by atoms with Crippen LogP contribution in [0.4, 0.5) is 10.5 Å². The Kier molecular flexibility index (Phi) is 5.07. The van der Waals surface area contributed by atoms with Crippen molar-refractivity contribution in [2.45, 2.75) is 52.1 Å². The summed E-state index contributed by atoms with van der Waals surface area (Å²) in [7, 11) is 0. The van der Waals surface area contributed by atoms with Crippen LogP contribution < -0.4 is 16.0 Å². The second kappa shape index (κ2) is 7.24. The van der Waals surface area contributed by atoms with Crippen molar-refractivity contribution < 1.29 is 9.59 Å². The van der Waals surface area contributed by atoms with Crippen molar-refractivity contribution in [2.75, 3.05) is 5.32 Å². The number of hydrogen-bond donors (Lipinski definition) is 3. The maximum atomic E-state index is 12.2. The van der Waals surface area contributed by atoms with E-state index in [-0.39, 0.29) is 18.0 Å². The van der Waals surface area contributed by atoms with E-state index in [2.05, 4.69) is 22.9 Å². The molecule has 130 valence electrons. The van der Waals surface area contributed by atoms with Gasteiger partial charge in [0.25, 0.3) is 0 Å². The molecule has 2 aliphatic carbocycles. The number of nitrogens with one attached hydrogen (secondary N) is 3. The normalized spacial score (nSPS) is 26.0. The van der Waals surface area contributed by atoms with E-state index in [4.69, 9.17) is 0 Å². The van der Waals surface area contributed by atoms with Gasteiger partial charge >= 0.3 is 6.03 Å². The second-order valence-electron chi connectivity index (χ2n) is 7.34. The number of rotatable bonds is 5. The molecule has 3 N–H and O–H groups in total. The van der Waals surface area contributed by atoms with E-state index >= 15 is 0 Å². The molecule has 3 rings (SSSR count). The molecule has 0 heterocycles. The molecule has 24 heavy (non-hydrogen) atoms. The molecule has 2 fully saturated rings. The summed E-state index contributed by atoms with van der Waals surface area (Å²) >= 11 is 0. The summed E-state index contributed by atoms with van der Waals surface area (Å²) in [6.07, 6.45) is 5.34. The average molecular weight is 329 g/mol. The molecular weight excluding hydrogens is 302 g/mol. The van der Waals surface area contributed by atoms with Crippen LogP contribution in [0.15, 0.2) is 24.3 Å². The minimum Gasteiger partial charge on any atom is -0.335 e. The molecule has 0 aromatic heterocycles. The van der Waals surface area contributed by atoms with Gasteiger partial charge in [0.15, 0.2) is 0 Å². The lowest BCUT2D eigenvalue weighted by Gasteiger charge is -2.28. The van der Waals surface area contributed by atoms with E-state index in [0.29, 0.717) is 12.5 Å². The van der Waals surface area contributed by atoms with Gasteiger partial charge in [-0.2, -0.15) is 0 Å². The Labute approximate surface area is 143 Å². The van der Waals surface area contributed by atoms with Gasteiger partial charge in [-0.15, -0.1) is 0 Å². The molecule has 0 unspecified atom stereocenters. The summed E-state index contributed by atoms with van der Waals surface area (Å²) < 4.78 is 0. The Morgan fingerprint density at radius 1 is 1.25 bits per heavy atom. The highest BCUT2D eigenvalue weighted by atomic mass is 16.2. The first-order valence-electron chi connectivity index (χ1n) is 8.92. The van der Waals surface area contributed by atoms with Crippen LogP contribution in [0.1, 0.15) is 45.1 Å². The van der Waals surface area contributed by atoms with Crippen molar-refractivity contribution in [3.63, 3.8) is 0 Å². The molecule has 1 aromatic carbocycles. The summed E-state index contributed by atoms with van der Waals surface area (Å²) in [4.78, 5) is 23.3. The predicted molar refractivity (Wildman–Crippen MR) is 94.5 cm³/mol. The van der Waals surface area contributed by atoms with E-state index in [1.165, 1.54) is 32.6 Å². The molecule has 0 spiro atoms. The number of carbonyl (C=O) groups is 2. The zero-order valence-corrected chi connectivity index (χ0v) is 14.5. The van der Waals surface area contributed by atoms with E-state index in [0.717, 1.165) is 23.1 Å². The first kappa shape index (κ1) is 16.8. The standard InChI is InChI=1S/C19H27N3O2/c1-12(18-10-14-6-7-16(18)8-14)21-19(24)20-11-15-4-3-5-17(9-15)22-13(2)23/h3-5,9,12,14,16,18H,6-8,10-11H2,1-2H3,(H,22,23)(H2,20,21,24)/t12-,14+,16+,18+/m1/s1. The highest BCUT2D eigenvalue weighted by Crippen LogP contribution is 2.49. The number of carbonyl (C=O) groups excluding carboxylic acids is 2. The van der Waals surface area contributed by atoms with E-state index in [9.17, 15) is 9.59 Å². The van der Waals surface area contributed by atoms with Gasteiger partial charge < -0.3 is 16.0 Å². The monoisotopic (exact) mass is 329 g/mol. The van der Waals surface area contributed by atoms with Gasteiger partial charge in [0.05, 0.1) is 0 Å². The smallest absolute Gasteiger partial charge is 0.315 e. The van der Waals surface area contributed by atoms with Crippen LogP contribution in [0.2, 0.25) is 0 Å². The van der Waals surface area contributed by atoms with Crippen LogP contribution in [0.3, 0.4) is 0 Å². The number of fused-ring (bicyclic) bond motifs is 2. The van der Waals surface area contributed by atoms with Crippen LogP contribution in [-0.2, 0) is 11.3 Å². The zero-order chi connectivity index (χ0) is 17.1. The Bertz CT molecular complexity index is 616. The third kappa shape index (κ3) is 4.08. The maximum Gasteiger partial charge on any atom is 0.315 e. The van der Waals surface area contributed by atoms with Crippen molar-refractivity contribution in [1.29, 1.82) is 0 Å². The fourth-order valence-corrected chi connectivity index (χ4v) is 4.42. The summed E-state index contributed by atoms with van der Waals surface area (Å²) in [5.41, 5.74) is 1.71. The average Bonchev–Trinajstić information content (AvgIpc) is 3.15. The first-order chi connectivity index (χ1) is 11.5. The molecule has 3 amide bonds. The van der Waals surface area contributed by atoms with E-state index < -0.39 is 0 Å². The topological polar surface area (TPSA) is 70.2 Å². The van der Waals surface area contributed by atoms with Crippen LogP contribution in [-0.4, -0.2) is 18.0 Å². The van der Waals surface area contributed by atoms with Crippen molar-refractivity contribution in [3.05, 3.63) is 29.8 Å². The largest absolute Gasteiger partial charge is 0.335 e. The van der Waals surface area contributed by atoms with Gasteiger partial charge in [0.1, 0.15) is 0 Å². The molecule has 0 saturated heterocycles. The molecule has 5 heteroatoms. The van der Waals surface area contributed by atoms with Gasteiger partial charge in [-0.05, 0) is 61.6 Å². The van der Waals surface area contributed by atoms with E-state index in [1.807, 2.05) is 24.3 Å². The van der Waals surface area contributed by atoms with Crippen LogP contribution in [0.5, 0.6) is 0 Å². The summed E-state index contributed by atoms with van der Waals surface area (Å²) in [6, 6.07) is 7.63. The molecule has 0 radical (unpaired) electrons. The highest BCUT2D eigenvalue weighted by molar-refractivity contribution is 5.88. The van der Waals surface area contributed by atoms with Gasteiger partial charge in [-0.1, -0.05) is 18.6 Å². The minimum atomic E-state index is -0.116. The number of benzene rings is 1. The van der Waals surface area contributed by atoms with Crippen LogP contribution in [0.25, 0.3) is 0 Å². The number of hydrogen-bond acceptors (Lipinski definition) is 2. The molecule has 0 aliphatic heterocycles. The lowest BCUT2D eigenvalue weighted by Crippen LogP contribution is -2.45. The minimum absolute atomic E-state index is 0.0995. The lowest BCUT2D eigenvalue weighted by molar-refractivity contribution is -0.114. The fourth-order valence-electron chi connectivity index (χ4n) is 4.42. The quantitative estimate of drug-likeness (QED) is 0.776. The number of anilines is 1. The Morgan fingerprint density at radius 3 is 2.75 bits per heavy atom. The Morgan fingerprint density at radius 2 is 2.08 bits per heavy atom. The van der Waals surface area contributed by atoms with Crippen LogP contribution >= 0.6 is 0 Å². The molecule has 4 atom stereocenters. The molecule has 2 aliphatic rings. The Hall–Kier alpha value is -2.04. The van der Waals surface area contributed by atoms with Crippen molar-refractivity contribution >= 4 is 17.6 Å². The molecule has 5 nitrogen and oxygen atoms in total. The SMILES string of the molecule is CC(=O)Nc1cccc(CNC(=O)N[C@H](C)[C@@H]2C[C@H]3CC[C@H]2C3)c1. The summed E-state index contributed by atoms with van der Waals surface area (Å²) in [5, 5.41) is 8.77. The molecule has 2 bridgehead atoms. The Balaban J connectivity index is 1.46. The van der Waals surface area contributed by atoms with Crippen LogP contribution in [0, 0.1) is 17.8 Å². The van der Waals surface area contributed by atoms with Gasteiger partial charge in [-0.25, -0.2) is 4.79 Å². The highest BCUT2D eigenvalue weighted by Gasteiger charge is 2.42. The predicted octanol–water partition coefficient (Wildman–Crippen LogP) is 3.27. The summed E-state index contributed by atoms with van der Waals surface area (Å²) in [6.45, 7) is 4.06. The number of urea groups is 1. The molecular formula is C19H27N3O2. The maximum absolute atomic E-state index is 12.2. The second-order valence-corrected chi connectivity index (χ2v) is 7.34. The molecule has 2 saturated carbocycles. The third-order valence-corrected chi connectivity index (χ3v) is 5.49. The summed E-state index contributed by atoms with van der Waals surface area (Å²) in [5.74, 6) is 2.23. The lowest BCUT2D eigenvalue weighted by atomic mass is 9.84. The third-order valence-electron chi connectivity index (χ3n) is 5.49. The van der Waals surface area contributed by atoms with E-state index in [1.54, 1.807) is 0 Å². The van der Waals surface area contributed by atoms with Crippen molar-refractivity contribution in [1.82, 2.24) is 10.6 Å². The van der Waals surface area contributed by atoms with Gasteiger partial charge in [0.2, 0.25) is 5.91 Å². The fraction of sp³-hybridized carbons (Fsp3) is 0.579. The number of amides is 3. The van der Waals surface area contributed by atoms with Gasteiger partial charge in [0, 0.05) is 25.2 Å². The van der Waals surface area contributed by atoms with Crippen molar-refractivity contribution in [3.8, 4) is 0 Å². The van der Waals surface area contributed by atoms with Crippen molar-refractivity contribution in [2.24, 2.45) is 17.8 Å². The van der Waals surface area contributed by atoms with Gasteiger partial charge in [-0.3, -0.25) is 4.79 Å². The molecule has 1 aromatic rings. The zero-order valence-electron chi connectivity index (χ0n) is 14.5.